The Bertz CT molecular complexity index is 1080. The summed E-state index contributed by atoms with van der Waals surface area (Å²) in [6.45, 7) is 3.27. The van der Waals surface area contributed by atoms with Gasteiger partial charge in [0.25, 0.3) is 5.91 Å². The number of aromatic nitrogens is 2. The summed E-state index contributed by atoms with van der Waals surface area (Å²) in [6, 6.07) is 15.8. The molecule has 33 heavy (non-hydrogen) atoms. The predicted molar refractivity (Wildman–Crippen MR) is 133 cm³/mol. The van der Waals surface area contributed by atoms with Crippen molar-refractivity contribution in [1.29, 1.82) is 0 Å². The molecule has 1 aliphatic rings. The molecule has 0 aliphatic heterocycles. The monoisotopic (exact) mass is 447 g/mol. The van der Waals surface area contributed by atoms with E-state index in [1.807, 2.05) is 68.4 Å². The van der Waals surface area contributed by atoms with Gasteiger partial charge >= 0.3 is 0 Å². The zero-order valence-corrected chi connectivity index (χ0v) is 19.7. The Morgan fingerprint density at radius 1 is 1.03 bits per heavy atom. The number of para-hydroxylation sites is 1. The lowest BCUT2D eigenvalue weighted by molar-refractivity contribution is 0.0943. The first-order valence-electron chi connectivity index (χ1n) is 11.7. The lowest BCUT2D eigenvalue weighted by Crippen LogP contribution is -2.34. The number of rotatable bonds is 8. The second kappa shape index (κ2) is 10.5. The summed E-state index contributed by atoms with van der Waals surface area (Å²) in [4.78, 5) is 24.0. The van der Waals surface area contributed by atoms with E-state index in [-0.39, 0.29) is 5.91 Å². The van der Waals surface area contributed by atoms with Gasteiger partial charge in [-0.1, -0.05) is 12.1 Å². The second-order valence-corrected chi connectivity index (χ2v) is 8.81. The van der Waals surface area contributed by atoms with Crippen LogP contribution in [0, 0.1) is 5.92 Å². The lowest BCUT2D eigenvalue weighted by atomic mass is 9.86. The van der Waals surface area contributed by atoms with Crippen LogP contribution in [-0.4, -0.2) is 49.2 Å². The molecule has 7 nitrogen and oxygen atoms in total. The van der Waals surface area contributed by atoms with Crippen molar-refractivity contribution in [3.63, 3.8) is 0 Å². The maximum absolute atomic E-state index is 12.5. The molecule has 174 valence electrons. The highest BCUT2D eigenvalue weighted by Crippen LogP contribution is 2.28. The van der Waals surface area contributed by atoms with Gasteiger partial charge in [0.15, 0.2) is 0 Å². The first kappa shape index (κ1) is 22.8. The average Bonchev–Trinajstić information content (AvgIpc) is 2.83. The van der Waals surface area contributed by atoms with E-state index in [0.717, 1.165) is 48.2 Å². The SMILES string of the molecule is CCOc1ccc(C(=O)NC[C@H]2CC[C@@H](Nc3nc(N(C)C)c4ccccc4n3)CC2)cc1. The Morgan fingerprint density at radius 3 is 2.45 bits per heavy atom. The predicted octanol–water partition coefficient (Wildman–Crippen LogP) is 4.50. The van der Waals surface area contributed by atoms with E-state index < -0.39 is 0 Å². The molecule has 1 aromatic heterocycles. The first-order chi connectivity index (χ1) is 16.0. The van der Waals surface area contributed by atoms with Crippen molar-refractivity contribution in [2.24, 2.45) is 5.92 Å². The van der Waals surface area contributed by atoms with Gasteiger partial charge in [-0.2, -0.15) is 4.98 Å². The summed E-state index contributed by atoms with van der Waals surface area (Å²) in [5, 5.41) is 7.70. The zero-order chi connectivity index (χ0) is 23.2. The topological polar surface area (TPSA) is 79.4 Å². The van der Waals surface area contributed by atoms with Crippen LogP contribution in [0.5, 0.6) is 5.75 Å². The van der Waals surface area contributed by atoms with Crippen LogP contribution in [0.4, 0.5) is 11.8 Å². The van der Waals surface area contributed by atoms with Crippen LogP contribution in [0.1, 0.15) is 43.0 Å². The average molecular weight is 448 g/mol. The fourth-order valence-corrected chi connectivity index (χ4v) is 4.37. The molecule has 1 saturated carbocycles. The number of amides is 1. The van der Waals surface area contributed by atoms with Crippen molar-refractivity contribution in [3.8, 4) is 5.75 Å². The molecule has 0 bridgehead atoms. The van der Waals surface area contributed by atoms with Crippen molar-refractivity contribution in [3.05, 3.63) is 54.1 Å². The Kier molecular flexibility index (Phi) is 7.27. The number of carbonyl (C=O) groups is 1. The van der Waals surface area contributed by atoms with Gasteiger partial charge in [-0.15, -0.1) is 0 Å². The molecule has 0 saturated heterocycles. The standard InChI is InChI=1S/C26H33N5O2/c1-4-33-21-15-11-19(12-16-21)25(32)27-17-18-9-13-20(14-10-18)28-26-29-23-8-6-5-7-22(23)24(30-26)31(2)3/h5-8,11-12,15-16,18,20H,4,9-10,13-14,17H2,1-3H3,(H,27,32)(H,28,29,30)/t18-,20+. The number of benzene rings is 2. The van der Waals surface area contributed by atoms with Gasteiger partial charge in [0.05, 0.1) is 12.1 Å². The molecule has 0 unspecified atom stereocenters. The maximum Gasteiger partial charge on any atom is 0.251 e. The fourth-order valence-electron chi connectivity index (χ4n) is 4.37. The largest absolute Gasteiger partial charge is 0.494 e. The van der Waals surface area contributed by atoms with Crippen LogP contribution in [0.2, 0.25) is 0 Å². The molecule has 1 heterocycles. The number of anilines is 2. The highest BCUT2D eigenvalue weighted by atomic mass is 16.5. The van der Waals surface area contributed by atoms with E-state index in [4.69, 9.17) is 14.7 Å². The molecule has 2 N–H and O–H groups in total. The van der Waals surface area contributed by atoms with Crippen LogP contribution in [0.3, 0.4) is 0 Å². The zero-order valence-electron chi connectivity index (χ0n) is 19.7. The Balaban J connectivity index is 1.28. The molecule has 0 atom stereocenters. The summed E-state index contributed by atoms with van der Waals surface area (Å²) in [6.07, 6.45) is 4.21. The van der Waals surface area contributed by atoms with Crippen LogP contribution >= 0.6 is 0 Å². The van der Waals surface area contributed by atoms with Crippen molar-refractivity contribution >= 4 is 28.6 Å². The van der Waals surface area contributed by atoms with Crippen LogP contribution in [0.15, 0.2) is 48.5 Å². The Morgan fingerprint density at radius 2 is 1.76 bits per heavy atom. The van der Waals surface area contributed by atoms with Gasteiger partial charge in [0, 0.05) is 37.6 Å². The quantitative estimate of drug-likeness (QED) is 0.530. The summed E-state index contributed by atoms with van der Waals surface area (Å²) in [7, 11) is 4.01. The summed E-state index contributed by atoms with van der Waals surface area (Å²) in [5.41, 5.74) is 1.61. The van der Waals surface area contributed by atoms with Crippen LogP contribution in [0.25, 0.3) is 10.9 Å². The van der Waals surface area contributed by atoms with E-state index in [9.17, 15) is 4.79 Å². The minimum Gasteiger partial charge on any atom is -0.494 e. The van der Waals surface area contributed by atoms with Gasteiger partial charge in [0.1, 0.15) is 11.6 Å². The fraction of sp³-hybridized carbons (Fsp3) is 0.423. The molecule has 1 fully saturated rings. The van der Waals surface area contributed by atoms with Crippen molar-refractivity contribution < 1.29 is 9.53 Å². The first-order valence-corrected chi connectivity index (χ1v) is 11.7. The van der Waals surface area contributed by atoms with E-state index in [0.29, 0.717) is 36.6 Å². The van der Waals surface area contributed by atoms with Gasteiger partial charge in [-0.05, 0) is 74.9 Å². The molecule has 1 aliphatic carbocycles. The third-order valence-electron chi connectivity index (χ3n) is 6.17. The number of hydrogen-bond donors (Lipinski definition) is 2. The van der Waals surface area contributed by atoms with Crippen LogP contribution < -0.4 is 20.3 Å². The molecule has 4 rings (SSSR count). The third kappa shape index (κ3) is 5.72. The van der Waals surface area contributed by atoms with Gasteiger partial charge in [0.2, 0.25) is 5.95 Å². The van der Waals surface area contributed by atoms with Crippen molar-refractivity contribution in [1.82, 2.24) is 15.3 Å². The minimum absolute atomic E-state index is 0.0286. The molecule has 7 heteroatoms. The molecular weight excluding hydrogens is 414 g/mol. The Labute approximate surface area is 195 Å². The molecule has 0 spiro atoms. The third-order valence-corrected chi connectivity index (χ3v) is 6.17. The number of fused-ring (bicyclic) bond motifs is 1. The molecule has 2 aromatic carbocycles. The number of nitrogens with one attached hydrogen (secondary N) is 2. The number of nitrogens with zero attached hydrogens (tertiary/aromatic N) is 3. The lowest BCUT2D eigenvalue weighted by Gasteiger charge is -2.29. The molecular formula is C26H33N5O2. The highest BCUT2D eigenvalue weighted by Gasteiger charge is 2.23. The highest BCUT2D eigenvalue weighted by molar-refractivity contribution is 5.94. The second-order valence-electron chi connectivity index (χ2n) is 8.81. The number of hydrogen-bond acceptors (Lipinski definition) is 6. The van der Waals surface area contributed by atoms with Gasteiger partial charge in [-0.25, -0.2) is 4.98 Å². The van der Waals surface area contributed by atoms with E-state index in [1.54, 1.807) is 0 Å². The molecule has 0 radical (unpaired) electrons. The van der Waals surface area contributed by atoms with Crippen molar-refractivity contribution in [2.45, 2.75) is 38.6 Å². The van der Waals surface area contributed by atoms with Crippen LogP contribution in [-0.2, 0) is 0 Å². The van der Waals surface area contributed by atoms with Gasteiger partial charge in [-0.3, -0.25) is 4.79 Å². The molecule has 3 aromatic rings. The minimum atomic E-state index is -0.0286. The normalized spacial score (nSPS) is 18.0. The summed E-state index contributed by atoms with van der Waals surface area (Å²) >= 11 is 0. The molecule has 1 amide bonds. The number of ether oxygens (including phenoxy) is 1. The smallest absolute Gasteiger partial charge is 0.251 e. The summed E-state index contributed by atoms with van der Waals surface area (Å²) in [5.74, 6) is 2.86. The van der Waals surface area contributed by atoms with E-state index in [1.165, 1.54) is 0 Å². The van der Waals surface area contributed by atoms with E-state index in [2.05, 4.69) is 16.7 Å². The van der Waals surface area contributed by atoms with E-state index >= 15 is 0 Å². The van der Waals surface area contributed by atoms with Gasteiger partial charge < -0.3 is 20.3 Å². The maximum atomic E-state index is 12.5. The number of carbonyl (C=O) groups excluding carboxylic acids is 1. The Hall–Kier alpha value is -3.35. The van der Waals surface area contributed by atoms with Crippen molar-refractivity contribution in [2.75, 3.05) is 37.5 Å². The summed E-state index contributed by atoms with van der Waals surface area (Å²) < 4.78 is 5.44.